The summed E-state index contributed by atoms with van der Waals surface area (Å²) in [7, 11) is 1.75. The largest absolute Gasteiger partial charge is 0.369 e. The highest BCUT2D eigenvalue weighted by molar-refractivity contribution is 14.0. The first-order chi connectivity index (χ1) is 13.1. The lowest BCUT2D eigenvalue weighted by Crippen LogP contribution is -2.40. The lowest BCUT2D eigenvalue weighted by molar-refractivity contribution is -0.123. The average molecular weight is 505 g/mol. The second-order valence-electron chi connectivity index (χ2n) is 7.03. The number of nitrogens with one attached hydrogen (secondary N) is 2. The summed E-state index contributed by atoms with van der Waals surface area (Å²) in [5.41, 5.74) is 6.34. The van der Waals surface area contributed by atoms with Crippen LogP contribution in [0.5, 0.6) is 0 Å². The van der Waals surface area contributed by atoms with Gasteiger partial charge in [0.2, 0.25) is 5.91 Å². The van der Waals surface area contributed by atoms with Gasteiger partial charge in [-0.15, -0.1) is 24.0 Å². The molecule has 0 saturated carbocycles. The molecule has 28 heavy (non-hydrogen) atoms. The van der Waals surface area contributed by atoms with Crippen LogP contribution in [0.15, 0.2) is 29.3 Å². The number of unbranched alkanes of at least 4 members (excludes halogenated alkanes) is 1. The second kappa shape index (κ2) is 13.7. The lowest BCUT2D eigenvalue weighted by atomic mass is 9.96. The maximum absolute atomic E-state index is 13.2. The van der Waals surface area contributed by atoms with Gasteiger partial charge in [-0.05, 0) is 69.4 Å². The van der Waals surface area contributed by atoms with Crippen LogP contribution in [0.4, 0.5) is 4.39 Å². The topological polar surface area (TPSA) is 82.8 Å². The third-order valence-electron chi connectivity index (χ3n) is 5.00. The number of primary amides is 1. The summed E-state index contributed by atoms with van der Waals surface area (Å²) in [6, 6.07) is 6.67. The van der Waals surface area contributed by atoms with Crippen molar-refractivity contribution >= 4 is 35.8 Å². The quantitative estimate of drug-likeness (QED) is 0.208. The monoisotopic (exact) mass is 505 g/mol. The highest BCUT2D eigenvalue weighted by atomic mass is 127. The van der Waals surface area contributed by atoms with Crippen LogP contribution in [0.25, 0.3) is 0 Å². The van der Waals surface area contributed by atoms with Gasteiger partial charge in [-0.25, -0.2) is 4.39 Å². The van der Waals surface area contributed by atoms with Crippen molar-refractivity contribution in [2.75, 3.05) is 39.8 Å². The minimum Gasteiger partial charge on any atom is -0.369 e. The van der Waals surface area contributed by atoms with E-state index >= 15 is 0 Å². The van der Waals surface area contributed by atoms with Crippen molar-refractivity contribution in [3.63, 3.8) is 0 Å². The predicted molar refractivity (Wildman–Crippen MR) is 122 cm³/mol. The number of carbonyl (C=O) groups excluding carboxylic acids is 1. The normalized spacial score (nSPS) is 15.7. The molecular weight excluding hydrogens is 472 g/mol. The number of likely N-dealkylation sites (tertiary alicyclic amines) is 1. The molecule has 1 aliphatic rings. The molecule has 1 amide bonds. The molecule has 1 aromatic carbocycles. The first-order valence-corrected chi connectivity index (χ1v) is 9.79. The molecule has 1 aliphatic heterocycles. The molecule has 0 unspecified atom stereocenters. The number of carbonyl (C=O) groups is 1. The van der Waals surface area contributed by atoms with Crippen LogP contribution in [0, 0.1) is 11.7 Å². The van der Waals surface area contributed by atoms with Crippen molar-refractivity contribution in [3.05, 3.63) is 35.6 Å². The summed E-state index contributed by atoms with van der Waals surface area (Å²) in [4.78, 5) is 17.8. The molecule has 8 heteroatoms. The number of rotatable bonds is 9. The summed E-state index contributed by atoms with van der Waals surface area (Å²) in [6.07, 6.45) is 4.68. The van der Waals surface area contributed by atoms with Crippen LogP contribution in [0.1, 0.15) is 31.2 Å². The van der Waals surface area contributed by atoms with E-state index < -0.39 is 0 Å². The fourth-order valence-corrected chi connectivity index (χ4v) is 3.35. The number of nitrogens with two attached hydrogens (primary N) is 1. The Morgan fingerprint density at radius 1 is 1.25 bits per heavy atom. The molecule has 158 valence electrons. The van der Waals surface area contributed by atoms with E-state index in [1.807, 2.05) is 6.07 Å². The van der Waals surface area contributed by atoms with Crippen molar-refractivity contribution in [2.24, 2.45) is 16.6 Å². The standard InChI is InChI=1S/C20H32FN5O.HI/c1-23-20(25-11-7-16-5-4-6-18(21)15-16)24-10-2-3-12-26-13-8-17(9-14-26)19(22)27;/h4-6,15,17H,2-3,7-14H2,1H3,(H2,22,27)(H2,23,24,25);1H. The minimum atomic E-state index is -0.200. The third kappa shape index (κ3) is 9.18. The maximum Gasteiger partial charge on any atom is 0.220 e. The number of halogens is 2. The molecular formula is C20H33FIN5O. The van der Waals surface area contributed by atoms with Crippen molar-refractivity contribution in [2.45, 2.75) is 32.1 Å². The smallest absolute Gasteiger partial charge is 0.220 e. The molecule has 1 saturated heterocycles. The van der Waals surface area contributed by atoms with Gasteiger partial charge in [-0.3, -0.25) is 9.79 Å². The van der Waals surface area contributed by atoms with Gasteiger partial charge < -0.3 is 21.3 Å². The Hall–Kier alpha value is -1.42. The van der Waals surface area contributed by atoms with Gasteiger partial charge in [-0.1, -0.05) is 12.1 Å². The van der Waals surface area contributed by atoms with Gasteiger partial charge in [0.05, 0.1) is 0 Å². The number of hydrogen-bond acceptors (Lipinski definition) is 3. The van der Waals surface area contributed by atoms with Gasteiger partial charge in [0.1, 0.15) is 5.82 Å². The first kappa shape index (κ1) is 24.6. The van der Waals surface area contributed by atoms with E-state index in [1.165, 1.54) is 6.07 Å². The average Bonchev–Trinajstić information content (AvgIpc) is 2.66. The number of amides is 1. The summed E-state index contributed by atoms with van der Waals surface area (Å²) in [5.74, 6) is 0.474. The van der Waals surface area contributed by atoms with Gasteiger partial charge in [0.25, 0.3) is 0 Å². The minimum absolute atomic E-state index is 0. The summed E-state index contributed by atoms with van der Waals surface area (Å²) in [5, 5.41) is 6.57. The molecule has 0 radical (unpaired) electrons. The lowest BCUT2D eigenvalue weighted by Gasteiger charge is -2.30. The van der Waals surface area contributed by atoms with Crippen LogP contribution >= 0.6 is 24.0 Å². The zero-order valence-corrected chi connectivity index (χ0v) is 19.0. The van der Waals surface area contributed by atoms with Crippen LogP contribution < -0.4 is 16.4 Å². The SMILES string of the molecule is CN=C(NCCCCN1CCC(C(N)=O)CC1)NCCc1cccc(F)c1.I. The summed E-state index contributed by atoms with van der Waals surface area (Å²) < 4.78 is 13.2. The first-order valence-electron chi connectivity index (χ1n) is 9.79. The fourth-order valence-electron chi connectivity index (χ4n) is 3.35. The molecule has 0 atom stereocenters. The Labute approximate surface area is 184 Å². The molecule has 0 aliphatic carbocycles. The molecule has 1 fully saturated rings. The summed E-state index contributed by atoms with van der Waals surface area (Å²) in [6.45, 7) is 4.54. The van der Waals surface area contributed by atoms with E-state index in [9.17, 15) is 9.18 Å². The Kier molecular flexibility index (Phi) is 12.1. The van der Waals surface area contributed by atoms with Gasteiger partial charge >= 0.3 is 0 Å². The molecule has 4 N–H and O–H groups in total. The van der Waals surface area contributed by atoms with E-state index in [0.29, 0.717) is 6.54 Å². The molecule has 1 aromatic rings. The van der Waals surface area contributed by atoms with E-state index in [4.69, 9.17) is 5.73 Å². The summed E-state index contributed by atoms with van der Waals surface area (Å²) >= 11 is 0. The van der Waals surface area contributed by atoms with E-state index in [-0.39, 0.29) is 41.6 Å². The van der Waals surface area contributed by atoms with Crippen LogP contribution in [0.2, 0.25) is 0 Å². The Morgan fingerprint density at radius 2 is 1.96 bits per heavy atom. The molecule has 6 nitrogen and oxygen atoms in total. The molecule has 2 rings (SSSR count). The van der Waals surface area contributed by atoms with E-state index in [0.717, 1.165) is 69.8 Å². The van der Waals surface area contributed by atoms with Crippen molar-refractivity contribution in [1.82, 2.24) is 15.5 Å². The zero-order chi connectivity index (χ0) is 19.5. The van der Waals surface area contributed by atoms with Gasteiger partial charge in [-0.2, -0.15) is 0 Å². The molecule has 0 aromatic heterocycles. The fraction of sp³-hybridized carbons (Fsp3) is 0.600. The molecule has 0 bridgehead atoms. The number of aliphatic imine (C=N–C) groups is 1. The van der Waals surface area contributed by atoms with E-state index in [1.54, 1.807) is 19.2 Å². The third-order valence-corrected chi connectivity index (χ3v) is 5.00. The Bertz CT molecular complexity index is 620. The van der Waals surface area contributed by atoms with Crippen LogP contribution in [0.3, 0.4) is 0 Å². The Balaban J connectivity index is 0.00000392. The molecule has 1 heterocycles. The van der Waals surface area contributed by atoms with Crippen molar-refractivity contribution in [3.8, 4) is 0 Å². The number of piperidine rings is 1. The molecule has 0 spiro atoms. The van der Waals surface area contributed by atoms with Crippen LogP contribution in [-0.2, 0) is 11.2 Å². The number of guanidine groups is 1. The zero-order valence-electron chi connectivity index (χ0n) is 16.6. The number of benzene rings is 1. The van der Waals surface area contributed by atoms with E-state index in [2.05, 4.69) is 20.5 Å². The highest BCUT2D eigenvalue weighted by Gasteiger charge is 2.22. The van der Waals surface area contributed by atoms with Gasteiger partial charge in [0.15, 0.2) is 5.96 Å². The van der Waals surface area contributed by atoms with Gasteiger partial charge in [0, 0.05) is 26.1 Å². The number of hydrogen-bond donors (Lipinski definition) is 3. The van der Waals surface area contributed by atoms with Crippen molar-refractivity contribution < 1.29 is 9.18 Å². The second-order valence-corrected chi connectivity index (χ2v) is 7.03. The maximum atomic E-state index is 13.2. The highest BCUT2D eigenvalue weighted by Crippen LogP contribution is 2.16. The predicted octanol–water partition coefficient (Wildman–Crippen LogP) is 2.13. The van der Waals surface area contributed by atoms with Crippen LogP contribution in [-0.4, -0.2) is 56.5 Å². The Morgan fingerprint density at radius 3 is 2.61 bits per heavy atom. The van der Waals surface area contributed by atoms with Crippen molar-refractivity contribution in [1.29, 1.82) is 0 Å². The number of nitrogens with zero attached hydrogens (tertiary/aromatic N) is 2.